The van der Waals surface area contributed by atoms with Gasteiger partial charge in [0.2, 0.25) is 21.1 Å². The Balaban J connectivity index is 1.54. The molecule has 8 nitrogen and oxygen atoms in total. The summed E-state index contributed by atoms with van der Waals surface area (Å²) in [5.74, 6) is 0.0370. The zero-order valence-corrected chi connectivity index (χ0v) is 21.1. The monoisotopic (exact) mass is 497 g/mol. The molecule has 3 heterocycles. The van der Waals surface area contributed by atoms with E-state index in [0.717, 1.165) is 33.4 Å². The van der Waals surface area contributed by atoms with Crippen molar-refractivity contribution in [1.82, 2.24) is 19.4 Å². The van der Waals surface area contributed by atoms with Crippen molar-refractivity contribution >= 4 is 38.1 Å². The molecule has 1 aromatic heterocycles. The maximum Gasteiger partial charge on any atom is 0.243 e. The van der Waals surface area contributed by atoms with E-state index in [2.05, 4.69) is 15.1 Å². The summed E-state index contributed by atoms with van der Waals surface area (Å²) < 4.78 is 28.4. The largest absolute Gasteiger partial charge is 0.342 e. The zero-order chi connectivity index (χ0) is 24.1. The molecule has 0 aliphatic carbocycles. The Morgan fingerprint density at radius 1 is 1.15 bits per heavy atom. The predicted octanol–water partition coefficient (Wildman–Crippen LogP) is 3.31. The van der Waals surface area contributed by atoms with Gasteiger partial charge in [-0.05, 0) is 42.7 Å². The second-order valence-corrected chi connectivity index (χ2v) is 12.3. The van der Waals surface area contributed by atoms with Gasteiger partial charge >= 0.3 is 0 Å². The molecule has 178 valence electrons. The number of aromatic nitrogens is 2. The second kappa shape index (κ2) is 8.44. The van der Waals surface area contributed by atoms with Crippen molar-refractivity contribution in [3.63, 3.8) is 0 Å². The highest BCUT2D eigenvalue weighted by molar-refractivity contribution is 7.89. The molecule has 5 rings (SSSR count). The number of anilines is 2. The first-order chi connectivity index (χ1) is 16.2. The van der Waals surface area contributed by atoms with Gasteiger partial charge in [-0.25, -0.2) is 8.42 Å². The summed E-state index contributed by atoms with van der Waals surface area (Å²) in [5.41, 5.74) is 2.48. The molecule has 2 aliphatic rings. The summed E-state index contributed by atoms with van der Waals surface area (Å²) in [6.07, 6.45) is 0.775. The van der Waals surface area contributed by atoms with E-state index >= 15 is 0 Å². The van der Waals surface area contributed by atoms with Gasteiger partial charge in [0.25, 0.3) is 0 Å². The van der Waals surface area contributed by atoms with Crippen molar-refractivity contribution in [2.24, 2.45) is 0 Å². The van der Waals surface area contributed by atoms with Gasteiger partial charge in [0.05, 0.1) is 4.90 Å². The molecule has 0 radical (unpaired) electrons. The lowest BCUT2D eigenvalue weighted by molar-refractivity contribution is -0.127. The minimum atomic E-state index is -3.70. The number of amides is 1. The van der Waals surface area contributed by atoms with Crippen LogP contribution in [0.5, 0.6) is 0 Å². The van der Waals surface area contributed by atoms with E-state index < -0.39 is 10.0 Å². The molecule has 10 heteroatoms. The van der Waals surface area contributed by atoms with Crippen molar-refractivity contribution in [2.75, 3.05) is 31.6 Å². The molecule has 34 heavy (non-hydrogen) atoms. The minimum Gasteiger partial charge on any atom is -0.342 e. The molecule has 2 aliphatic heterocycles. The van der Waals surface area contributed by atoms with Gasteiger partial charge in [-0.2, -0.15) is 4.31 Å². The van der Waals surface area contributed by atoms with Gasteiger partial charge in [-0.3, -0.25) is 4.79 Å². The number of hydrogen-bond donors (Lipinski definition) is 0. The summed E-state index contributed by atoms with van der Waals surface area (Å²) in [4.78, 5) is 16.4. The first-order valence-corrected chi connectivity index (χ1v) is 13.4. The third-order valence-corrected chi connectivity index (χ3v) is 9.45. The number of sulfonamides is 1. The van der Waals surface area contributed by atoms with Crippen LogP contribution in [0.4, 0.5) is 10.8 Å². The third-order valence-electron chi connectivity index (χ3n) is 6.79. The quantitative estimate of drug-likeness (QED) is 0.538. The molecule has 3 aromatic rings. The molecule has 0 N–H and O–H groups in total. The van der Waals surface area contributed by atoms with Crippen LogP contribution in [0.25, 0.3) is 0 Å². The summed E-state index contributed by atoms with van der Waals surface area (Å²) in [7, 11) is -2.10. The summed E-state index contributed by atoms with van der Waals surface area (Å²) >= 11 is 1.51. The molecule has 1 spiro atoms. The van der Waals surface area contributed by atoms with Gasteiger partial charge in [-0.15, -0.1) is 10.2 Å². The van der Waals surface area contributed by atoms with Crippen LogP contribution in [-0.4, -0.2) is 60.4 Å². The normalized spacial score (nSPS) is 19.9. The topological polar surface area (TPSA) is 86.7 Å². The van der Waals surface area contributed by atoms with Crippen LogP contribution in [0.2, 0.25) is 0 Å². The number of carbonyl (C=O) groups excluding carboxylic acids is 1. The maximum atomic E-state index is 13.5. The van der Waals surface area contributed by atoms with Crippen LogP contribution < -0.4 is 4.90 Å². The van der Waals surface area contributed by atoms with Crippen molar-refractivity contribution < 1.29 is 13.2 Å². The van der Waals surface area contributed by atoms with Gasteiger partial charge in [0.1, 0.15) is 5.01 Å². The molecule has 1 fully saturated rings. The fraction of sp³-hybridized carbons (Fsp3) is 0.375. The number of fused-ring (bicyclic) bond motifs is 2. The average Bonchev–Trinajstić information content (AvgIpc) is 3.52. The van der Waals surface area contributed by atoms with E-state index in [-0.39, 0.29) is 16.2 Å². The highest BCUT2D eigenvalue weighted by Gasteiger charge is 2.49. The Hall–Kier alpha value is -2.82. The zero-order valence-electron chi connectivity index (χ0n) is 19.4. The van der Waals surface area contributed by atoms with Crippen LogP contribution in [0.1, 0.15) is 29.5 Å². The average molecular weight is 498 g/mol. The van der Waals surface area contributed by atoms with Gasteiger partial charge < -0.3 is 9.80 Å². The Morgan fingerprint density at radius 3 is 2.56 bits per heavy atom. The molecule has 0 bridgehead atoms. The van der Waals surface area contributed by atoms with E-state index in [1.165, 1.54) is 15.6 Å². The van der Waals surface area contributed by atoms with Gasteiger partial charge in [0.15, 0.2) is 0 Å². The number of carbonyl (C=O) groups is 1. The molecule has 2 aromatic carbocycles. The van der Waals surface area contributed by atoms with E-state index in [9.17, 15) is 13.2 Å². The molecule has 1 amide bonds. The predicted molar refractivity (Wildman–Crippen MR) is 132 cm³/mol. The first kappa shape index (κ1) is 22.9. The van der Waals surface area contributed by atoms with Crippen molar-refractivity contribution in [1.29, 1.82) is 0 Å². The number of hydrogen-bond acceptors (Lipinski definition) is 7. The van der Waals surface area contributed by atoms with Crippen molar-refractivity contribution in [2.45, 2.75) is 37.1 Å². The highest BCUT2D eigenvalue weighted by Crippen LogP contribution is 2.50. The third kappa shape index (κ3) is 3.89. The van der Waals surface area contributed by atoms with E-state index in [0.29, 0.717) is 26.2 Å². The molecular weight excluding hydrogens is 470 g/mol. The van der Waals surface area contributed by atoms with E-state index in [1.807, 2.05) is 54.3 Å². The number of benzene rings is 2. The Morgan fingerprint density at radius 2 is 1.91 bits per heavy atom. The van der Waals surface area contributed by atoms with Crippen LogP contribution >= 0.6 is 11.3 Å². The van der Waals surface area contributed by atoms with Crippen LogP contribution in [0.15, 0.2) is 53.4 Å². The summed E-state index contributed by atoms with van der Waals surface area (Å²) in [5, 5.41) is 10.2. The fourth-order valence-corrected chi connectivity index (χ4v) is 6.86. The lowest BCUT2D eigenvalue weighted by atomic mass is 9.81. The Bertz CT molecular complexity index is 1340. The lowest BCUT2D eigenvalue weighted by Crippen LogP contribution is -2.36. The number of rotatable bonds is 5. The first-order valence-electron chi connectivity index (χ1n) is 11.2. The van der Waals surface area contributed by atoms with E-state index in [1.54, 1.807) is 20.0 Å². The Kier molecular flexibility index (Phi) is 5.70. The lowest BCUT2D eigenvalue weighted by Gasteiger charge is -2.25. The summed E-state index contributed by atoms with van der Waals surface area (Å²) in [6.45, 7) is 5.65. The maximum absolute atomic E-state index is 13.5. The minimum absolute atomic E-state index is 0.0370. The van der Waals surface area contributed by atoms with Gasteiger partial charge in [-0.1, -0.05) is 41.7 Å². The van der Waals surface area contributed by atoms with Crippen LogP contribution in [-0.2, 0) is 26.8 Å². The molecule has 1 atom stereocenters. The van der Waals surface area contributed by atoms with Crippen LogP contribution in [0.3, 0.4) is 0 Å². The molecule has 0 saturated carbocycles. The molecular formula is C24H27N5O3S2. The second-order valence-electron chi connectivity index (χ2n) is 9.09. The SMILES string of the molecule is CC(=O)N1CCC2(C1)CN(c1nnc(C)s1)c1ccc(S(=O)(=O)N(C)Cc3ccccc3)cc12. The van der Waals surface area contributed by atoms with Gasteiger partial charge in [0, 0.05) is 51.3 Å². The number of likely N-dealkylation sites (tertiary alicyclic amines) is 1. The number of aryl methyl sites for hydroxylation is 1. The van der Waals surface area contributed by atoms with Crippen molar-refractivity contribution in [3.05, 3.63) is 64.7 Å². The highest BCUT2D eigenvalue weighted by atomic mass is 32.2. The van der Waals surface area contributed by atoms with Crippen molar-refractivity contribution in [3.8, 4) is 0 Å². The van der Waals surface area contributed by atoms with E-state index in [4.69, 9.17) is 0 Å². The molecule has 1 saturated heterocycles. The number of nitrogens with zero attached hydrogens (tertiary/aromatic N) is 5. The Labute approximate surface area is 203 Å². The standard InChI is InChI=1S/C24H27N5O3S2/c1-17-25-26-23(33-17)29-16-24(11-12-28(15-24)18(2)30)21-13-20(9-10-22(21)29)34(31,32)27(3)14-19-7-5-4-6-8-19/h4-10,13H,11-12,14-16H2,1-3H3. The fourth-order valence-electron chi connectivity index (χ4n) is 4.97. The molecule has 1 unspecified atom stereocenters. The summed E-state index contributed by atoms with van der Waals surface area (Å²) in [6, 6.07) is 14.9. The van der Waals surface area contributed by atoms with Crippen LogP contribution in [0, 0.1) is 6.92 Å². The smallest absolute Gasteiger partial charge is 0.243 e.